The van der Waals surface area contributed by atoms with Crippen LogP contribution in [0.5, 0.6) is 0 Å². The highest BCUT2D eigenvalue weighted by molar-refractivity contribution is 6.42. The van der Waals surface area contributed by atoms with Gasteiger partial charge in [0.1, 0.15) is 11.7 Å². The summed E-state index contributed by atoms with van der Waals surface area (Å²) < 4.78 is 11.0. The molecule has 0 unspecified atom stereocenters. The summed E-state index contributed by atoms with van der Waals surface area (Å²) in [4.78, 5) is 19.0. The largest absolute Gasteiger partial charge is 0.483 e. The minimum Gasteiger partial charge on any atom is -0.483 e. The Hall–Kier alpha value is -2.91. The fraction of sp³-hybridized carbons (Fsp3) is 0.455. The molecule has 1 aromatic heterocycles. The number of aryl methyl sites for hydroxylation is 1. The van der Waals surface area contributed by atoms with Crippen LogP contribution in [0.2, 0.25) is 0 Å². The first-order valence-corrected chi connectivity index (χ1v) is 10.9. The van der Waals surface area contributed by atoms with Crippen molar-refractivity contribution in [1.82, 2.24) is 15.5 Å². The molecule has 1 aliphatic heterocycles. The summed E-state index contributed by atoms with van der Waals surface area (Å²) in [7, 11) is 0. The molecule has 172 valence electrons. The zero-order valence-electron chi connectivity index (χ0n) is 18.4. The average Bonchev–Trinajstić information content (AvgIpc) is 3.19. The highest BCUT2D eigenvalue weighted by Crippen LogP contribution is 2.26. The van der Waals surface area contributed by atoms with Gasteiger partial charge in [0, 0.05) is 24.4 Å². The first-order chi connectivity index (χ1) is 15.4. The fourth-order valence-corrected chi connectivity index (χ4v) is 3.51. The van der Waals surface area contributed by atoms with Gasteiger partial charge in [-0.2, -0.15) is 4.98 Å². The number of nitrogens with one attached hydrogen (secondary N) is 1. The number of benzene rings is 1. The van der Waals surface area contributed by atoms with Crippen molar-refractivity contribution in [3.63, 3.8) is 0 Å². The number of anilines is 1. The van der Waals surface area contributed by atoms with Crippen LogP contribution in [0.4, 0.5) is 6.01 Å². The van der Waals surface area contributed by atoms with Crippen molar-refractivity contribution in [3.05, 3.63) is 40.6 Å². The number of nitrogens with zero attached hydrogens (tertiary/aromatic N) is 4. The summed E-state index contributed by atoms with van der Waals surface area (Å²) in [5.41, 5.74) is 3.33. The lowest BCUT2D eigenvalue weighted by atomic mass is 9.93. The molecule has 1 aromatic carbocycles. The van der Waals surface area contributed by atoms with Gasteiger partial charge in [0.05, 0.1) is 6.10 Å². The summed E-state index contributed by atoms with van der Waals surface area (Å²) in [5.74, 6) is 0.980. The van der Waals surface area contributed by atoms with Gasteiger partial charge in [-0.05, 0) is 44.7 Å². The van der Waals surface area contributed by atoms with Crippen LogP contribution in [0.1, 0.15) is 44.2 Å². The van der Waals surface area contributed by atoms with Gasteiger partial charge in [0.25, 0.3) is 6.47 Å². The summed E-state index contributed by atoms with van der Waals surface area (Å²) in [6.07, 6.45) is 5.61. The molecular formula is C22H28ClN5O4. The van der Waals surface area contributed by atoms with E-state index < -0.39 is 0 Å². The fourth-order valence-electron chi connectivity index (χ4n) is 3.28. The van der Waals surface area contributed by atoms with E-state index >= 15 is 0 Å². The monoisotopic (exact) mass is 461 g/mol. The van der Waals surface area contributed by atoms with Crippen LogP contribution >= 0.6 is 11.6 Å². The maximum absolute atomic E-state index is 8.36. The molecular weight excluding hydrogens is 434 g/mol. The molecule has 32 heavy (non-hydrogen) atoms. The van der Waals surface area contributed by atoms with E-state index in [1.165, 1.54) is 24.8 Å². The molecule has 0 amide bonds. The molecule has 4 rings (SSSR count). The Labute approximate surface area is 192 Å². The number of hydrogen-bond acceptors (Lipinski definition) is 8. The highest BCUT2D eigenvalue weighted by atomic mass is 35.5. The summed E-state index contributed by atoms with van der Waals surface area (Å²) in [6, 6.07) is 7.36. The second-order valence-corrected chi connectivity index (χ2v) is 8.29. The molecule has 2 aliphatic rings. The van der Waals surface area contributed by atoms with E-state index in [-0.39, 0.29) is 12.6 Å². The number of ether oxygens (including phenoxy) is 1. The molecule has 10 heteroatoms. The minimum atomic E-state index is -0.250. The molecule has 1 fully saturated rings. The lowest BCUT2D eigenvalue weighted by Gasteiger charge is -2.26. The molecule has 0 radical (unpaired) electrons. The maximum atomic E-state index is 8.36. The van der Waals surface area contributed by atoms with E-state index in [2.05, 4.69) is 39.5 Å². The normalized spacial score (nSPS) is 16.0. The molecule has 2 aromatic rings. The Morgan fingerprint density at radius 1 is 1.41 bits per heavy atom. The second kappa shape index (κ2) is 11.1. The van der Waals surface area contributed by atoms with E-state index in [0.717, 1.165) is 17.7 Å². The summed E-state index contributed by atoms with van der Waals surface area (Å²) >= 11 is 6.27. The van der Waals surface area contributed by atoms with Gasteiger partial charge in [-0.15, -0.1) is 0 Å². The van der Waals surface area contributed by atoms with Gasteiger partial charge in [-0.25, -0.2) is 4.99 Å². The summed E-state index contributed by atoms with van der Waals surface area (Å²) in [6.45, 7) is 6.88. The van der Waals surface area contributed by atoms with Crippen molar-refractivity contribution in [1.29, 1.82) is 0 Å². The predicted molar refractivity (Wildman–Crippen MR) is 123 cm³/mol. The zero-order valence-corrected chi connectivity index (χ0v) is 19.2. The van der Waals surface area contributed by atoms with E-state index in [0.29, 0.717) is 35.5 Å². The Bertz CT molecular complexity index is 984. The van der Waals surface area contributed by atoms with Crippen LogP contribution in [0.25, 0.3) is 11.4 Å². The Balaban J connectivity index is 0.000000913. The molecule has 0 saturated heterocycles. The quantitative estimate of drug-likeness (QED) is 0.619. The van der Waals surface area contributed by atoms with E-state index in [1.807, 2.05) is 19.9 Å². The van der Waals surface area contributed by atoms with Gasteiger partial charge < -0.3 is 19.7 Å². The number of rotatable bonds is 6. The van der Waals surface area contributed by atoms with Crippen molar-refractivity contribution >= 4 is 30.0 Å². The molecule has 1 saturated carbocycles. The van der Waals surface area contributed by atoms with Crippen molar-refractivity contribution in [2.75, 3.05) is 11.6 Å². The zero-order chi connectivity index (χ0) is 23.1. The molecule has 0 atom stereocenters. The third-order valence-electron chi connectivity index (χ3n) is 5.08. The highest BCUT2D eigenvalue weighted by Gasteiger charge is 2.22. The van der Waals surface area contributed by atoms with E-state index in [9.17, 15) is 0 Å². The van der Waals surface area contributed by atoms with E-state index in [1.54, 1.807) is 11.1 Å². The SMILES string of the molecule is Cc1cc(CNC2CCC2)ccc1-c1noc(N2C=C(Cl)C(OC(C)C)=NC2)n1.O=CO. The Kier molecular flexibility index (Phi) is 8.24. The number of carboxylic acid groups (broad SMARTS) is 1. The van der Waals surface area contributed by atoms with Crippen molar-refractivity contribution < 1.29 is 19.2 Å². The predicted octanol–water partition coefficient (Wildman–Crippen LogP) is 4.07. The van der Waals surface area contributed by atoms with Gasteiger partial charge in [-0.1, -0.05) is 41.4 Å². The number of aromatic nitrogens is 2. The van der Waals surface area contributed by atoms with Crippen molar-refractivity contribution in [2.24, 2.45) is 4.99 Å². The van der Waals surface area contributed by atoms with Crippen LogP contribution in [0, 0.1) is 6.92 Å². The Morgan fingerprint density at radius 3 is 2.75 bits per heavy atom. The van der Waals surface area contributed by atoms with Crippen molar-refractivity contribution in [3.8, 4) is 11.4 Å². The topological polar surface area (TPSA) is 113 Å². The first kappa shape index (κ1) is 23.7. The summed E-state index contributed by atoms with van der Waals surface area (Å²) in [5, 5.41) is 15.0. The van der Waals surface area contributed by atoms with Gasteiger partial charge in [0.15, 0.2) is 0 Å². The van der Waals surface area contributed by atoms with Crippen molar-refractivity contribution in [2.45, 2.75) is 58.7 Å². The van der Waals surface area contributed by atoms with Crippen LogP contribution in [-0.4, -0.2) is 46.4 Å². The first-order valence-electron chi connectivity index (χ1n) is 10.5. The Morgan fingerprint density at radius 2 is 2.16 bits per heavy atom. The van der Waals surface area contributed by atoms with Crippen LogP contribution in [0.3, 0.4) is 0 Å². The third-order valence-corrected chi connectivity index (χ3v) is 5.34. The number of carbonyl (C=O) groups is 1. The lowest BCUT2D eigenvalue weighted by molar-refractivity contribution is -0.122. The van der Waals surface area contributed by atoms with Crippen LogP contribution < -0.4 is 10.2 Å². The lowest BCUT2D eigenvalue weighted by Crippen LogP contribution is -2.34. The van der Waals surface area contributed by atoms with Crippen LogP contribution in [-0.2, 0) is 16.1 Å². The molecule has 2 heterocycles. The van der Waals surface area contributed by atoms with E-state index in [4.69, 9.17) is 30.8 Å². The molecule has 1 aliphatic carbocycles. The smallest absolute Gasteiger partial charge is 0.330 e. The van der Waals surface area contributed by atoms with Crippen LogP contribution in [0.15, 0.2) is 38.9 Å². The maximum Gasteiger partial charge on any atom is 0.330 e. The standard InChI is InChI=1S/C21H26ClN5O2.CH2O2/c1-13(2)28-20-18(22)11-27(12-24-20)21-25-19(26-29-21)17-8-7-15(9-14(17)3)10-23-16-5-4-6-16;2-1-3/h7-9,11,13,16,23H,4-6,10,12H2,1-3H3;1H,(H,2,3). The number of halogens is 1. The molecule has 9 nitrogen and oxygen atoms in total. The molecule has 2 N–H and O–H groups in total. The number of hydrogen-bond donors (Lipinski definition) is 2. The minimum absolute atomic E-state index is 0.00678. The second-order valence-electron chi connectivity index (χ2n) is 7.88. The van der Waals surface area contributed by atoms with Gasteiger partial charge in [-0.3, -0.25) is 9.69 Å². The molecule has 0 spiro atoms. The average molecular weight is 462 g/mol. The van der Waals surface area contributed by atoms with Gasteiger partial charge in [0.2, 0.25) is 11.7 Å². The third kappa shape index (κ3) is 6.08. The number of aliphatic imine (C=N–C) groups is 1. The van der Waals surface area contributed by atoms with Gasteiger partial charge >= 0.3 is 6.01 Å². The molecule has 0 bridgehead atoms.